The summed E-state index contributed by atoms with van der Waals surface area (Å²) in [4.78, 5) is 30.1. The zero-order valence-corrected chi connectivity index (χ0v) is 12.1. The lowest BCUT2D eigenvalue weighted by molar-refractivity contribution is -0.153. The normalized spacial score (nSPS) is 22.6. The summed E-state index contributed by atoms with van der Waals surface area (Å²) in [5.41, 5.74) is 0. The molecule has 2 aliphatic rings. The van der Waals surface area contributed by atoms with Gasteiger partial charge in [-0.2, -0.15) is 0 Å². The van der Waals surface area contributed by atoms with Gasteiger partial charge in [-0.3, -0.25) is 9.59 Å². The van der Waals surface area contributed by atoms with Gasteiger partial charge in [0.2, 0.25) is 0 Å². The van der Waals surface area contributed by atoms with E-state index in [1.165, 1.54) is 0 Å². The molecule has 5 nitrogen and oxygen atoms in total. The van der Waals surface area contributed by atoms with E-state index in [0.29, 0.717) is 19.0 Å². The molecule has 2 aliphatic heterocycles. The minimum absolute atomic E-state index is 0.295. The zero-order valence-electron chi connectivity index (χ0n) is 12.1. The quantitative estimate of drug-likeness (QED) is 0.646. The standard InChI is InChI=1S/C14H25N3O2/c1-3-15-8-10-17(11-9-15)14(19)13(18)16-6-4-12(2)5-7-16/h12H,3-11H2,1-2H3. The molecule has 0 aromatic rings. The number of carbonyl (C=O) groups excluding carboxylic acids is 2. The number of carbonyl (C=O) groups is 2. The highest BCUT2D eigenvalue weighted by Gasteiger charge is 2.30. The number of likely N-dealkylation sites (tertiary alicyclic amines) is 1. The maximum absolute atomic E-state index is 12.2. The van der Waals surface area contributed by atoms with E-state index in [-0.39, 0.29) is 11.8 Å². The molecule has 0 unspecified atom stereocenters. The largest absolute Gasteiger partial charge is 0.334 e. The van der Waals surface area contributed by atoms with E-state index < -0.39 is 0 Å². The van der Waals surface area contributed by atoms with Gasteiger partial charge in [0.15, 0.2) is 0 Å². The number of nitrogens with zero attached hydrogens (tertiary/aromatic N) is 3. The molecule has 2 heterocycles. The molecule has 108 valence electrons. The summed E-state index contributed by atoms with van der Waals surface area (Å²) in [6.07, 6.45) is 2.03. The molecule has 2 fully saturated rings. The van der Waals surface area contributed by atoms with Crippen LogP contribution in [0, 0.1) is 5.92 Å². The van der Waals surface area contributed by atoms with Crippen LogP contribution in [-0.2, 0) is 9.59 Å². The number of piperidine rings is 1. The highest BCUT2D eigenvalue weighted by molar-refractivity contribution is 6.34. The van der Waals surface area contributed by atoms with Crippen molar-refractivity contribution in [1.82, 2.24) is 14.7 Å². The second-order valence-electron chi connectivity index (χ2n) is 5.70. The van der Waals surface area contributed by atoms with Crippen molar-refractivity contribution >= 4 is 11.8 Å². The van der Waals surface area contributed by atoms with Crippen molar-refractivity contribution in [1.29, 1.82) is 0 Å². The van der Waals surface area contributed by atoms with Crippen LogP contribution in [0.3, 0.4) is 0 Å². The van der Waals surface area contributed by atoms with Gasteiger partial charge in [-0.15, -0.1) is 0 Å². The first-order chi connectivity index (χ1) is 9.11. The lowest BCUT2D eigenvalue weighted by atomic mass is 9.99. The van der Waals surface area contributed by atoms with Gasteiger partial charge in [-0.05, 0) is 25.3 Å². The van der Waals surface area contributed by atoms with Gasteiger partial charge < -0.3 is 14.7 Å². The minimum Gasteiger partial charge on any atom is -0.334 e. The molecule has 0 aliphatic carbocycles. The third-order valence-electron chi connectivity index (χ3n) is 4.36. The Kier molecular flexibility index (Phi) is 4.80. The molecule has 0 atom stereocenters. The first kappa shape index (κ1) is 14.3. The molecular weight excluding hydrogens is 242 g/mol. The van der Waals surface area contributed by atoms with Gasteiger partial charge in [0.05, 0.1) is 0 Å². The monoisotopic (exact) mass is 267 g/mol. The summed E-state index contributed by atoms with van der Waals surface area (Å²) in [5.74, 6) is 0.0782. The number of amides is 2. The molecule has 0 aromatic heterocycles. The Balaban J connectivity index is 1.84. The van der Waals surface area contributed by atoms with Crippen LogP contribution in [0.15, 0.2) is 0 Å². The third kappa shape index (κ3) is 3.47. The fraction of sp³-hybridized carbons (Fsp3) is 0.857. The smallest absolute Gasteiger partial charge is 0.312 e. The van der Waals surface area contributed by atoms with Crippen LogP contribution < -0.4 is 0 Å². The highest BCUT2D eigenvalue weighted by atomic mass is 16.2. The topological polar surface area (TPSA) is 43.9 Å². The summed E-state index contributed by atoms with van der Waals surface area (Å²) >= 11 is 0. The number of hydrogen-bond acceptors (Lipinski definition) is 3. The Morgan fingerprint density at radius 1 is 0.895 bits per heavy atom. The van der Waals surface area contributed by atoms with Crippen LogP contribution in [0.5, 0.6) is 0 Å². The second-order valence-corrected chi connectivity index (χ2v) is 5.70. The fourth-order valence-corrected chi connectivity index (χ4v) is 2.75. The Morgan fingerprint density at radius 2 is 1.37 bits per heavy atom. The van der Waals surface area contributed by atoms with Crippen LogP contribution in [-0.4, -0.2) is 72.3 Å². The van der Waals surface area contributed by atoms with Crippen LogP contribution in [0.2, 0.25) is 0 Å². The summed E-state index contributed by atoms with van der Waals surface area (Å²) in [7, 11) is 0. The minimum atomic E-state index is -0.301. The summed E-state index contributed by atoms with van der Waals surface area (Å²) in [5, 5.41) is 0. The van der Waals surface area contributed by atoms with Crippen molar-refractivity contribution in [3.05, 3.63) is 0 Å². The van der Waals surface area contributed by atoms with Crippen LogP contribution >= 0.6 is 0 Å². The van der Waals surface area contributed by atoms with Crippen LogP contribution in [0.1, 0.15) is 26.7 Å². The van der Waals surface area contributed by atoms with Gasteiger partial charge in [0, 0.05) is 39.3 Å². The first-order valence-electron chi connectivity index (χ1n) is 7.42. The van der Waals surface area contributed by atoms with Crippen molar-refractivity contribution in [3.8, 4) is 0 Å². The van der Waals surface area contributed by atoms with Gasteiger partial charge in [0.25, 0.3) is 0 Å². The average Bonchev–Trinajstić information content (AvgIpc) is 2.46. The van der Waals surface area contributed by atoms with E-state index in [9.17, 15) is 9.59 Å². The summed E-state index contributed by atoms with van der Waals surface area (Å²) < 4.78 is 0. The third-order valence-corrected chi connectivity index (χ3v) is 4.36. The van der Waals surface area contributed by atoms with Crippen molar-refractivity contribution in [2.45, 2.75) is 26.7 Å². The molecule has 19 heavy (non-hydrogen) atoms. The van der Waals surface area contributed by atoms with E-state index in [2.05, 4.69) is 18.7 Å². The summed E-state index contributed by atoms with van der Waals surface area (Å²) in [6.45, 7) is 9.94. The molecule has 2 saturated heterocycles. The van der Waals surface area contributed by atoms with Crippen molar-refractivity contribution in [3.63, 3.8) is 0 Å². The predicted octanol–water partition coefficient (Wildman–Crippen LogP) is 0.409. The zero-order chi connectivity index (χ0) is 13.8. The van der Waals surface area contributed by atoms with Gasteiger partial charge in [-0.1, -0.05) is 13.8 Å². The van der Waals surface area contributed by atoms with E-state index in [4.69, 9.17) is 0 Å². The fourth-order valence-electron chi connectivity index (χ4n) is 2.75. The molecule has 0 spiro atoms. The Morgan fingerprint density at radius 3 is 1.84 bits per heavy atom. The lowest BCUT2D eigenvalue weighted by Crippen LogP contribution is -2.54. The Labute approximate surface area is 115 Å². The number of likely N-dealkylation sites (N-methyl/N-ethyl adjacent to an activating group) is 1. The Bertz CT molecular complexity index is 330. The number of rotatable bonds is 1. The Hall–Kier alpha value is -1.10. The first-order valence-corrected chi connectivity index (χ1v) is 7.42. The molecule has 0 saturated carbocycles. The SMILES string of the molecule is CCN1CCN(C(=O)C(=O)N2CCC(C)CC2)CC1. The van der Waals surface area contributed by atoms with Gasteiger partial charge in [-0.25, -0.2) is 0 Å². The molecular formula is C14H25N3O2. The maximum Gasteiger partial charge on any atom is 0.312 e. The molecule has 0 radical (unpaired) electrons. The maximum atomic E-state index is 12.2. The van der Waals surface area contributed by atoms with E-state index in [1.54, 1.807) is 9.80 Å². The summed E-state index contributed by atoms with van der Waals surface area (Å²) in [6, 6.07) is 0. The van der Waals surface area contributed by atoms with E-state index >= 15 is 0 Å². The predicted molar refractivity (Wildman–Crippen MR) is 73.7 cm³/mol. The van der Waals surface area contributed by atoms with Crippen molar-refractivity contribution in [2.24, 2.45) is 5.92 Å². The molecule has 2 rings (SSSR count). The average molecular weight is 267 g/mol. The molecule has 0 N–H and O–H groups in total. The van der Waals surface area contributed by atoms with Crippen LogP contribution in [0.4, 0.5) is 0 Å². The van der Waals surface area contributed by atoms with Gasteiger partial charge >= 0.3 is 11.8 Å². The molecule has 0 aromatic carbocycles. The second kappa shape index (κ2) is 6.37. The molecule has 5 heteroatoms. The van der Waals surface area contributed by atoms with E-state index in [1.807, 2.05) is 0 Å². The number of piperazine rings is 1. The molecule has 2 amide bonds. The van der Waals surface area contributed by atoms with E-state index in [0.717, 1.165) is 45.6 Å². The van der Waals surface area contributed by atoms with Crippen LogP contribution in [0.25, 0.3) is 0 Å². The molecule has 0 bridgehead atoms. The van der Waals surface area contributed by atoms with Gasteiger partial charge in [0.1, 0.15) is 0 Å². The van der Waals surface area contributed by atoms with Crippen molar-refractivity contribution in [2.75, 3.05) is 45.8 Å². The van der Waals surface area contributed by atoms with Crippen molar-refractivity contribution < 1.29 is 9.59 Å². The lowest BCUT2D eigenvalue weighted by Gasteiger charge is -2.36. The number of hydrogen-bond donors (Lipinski definition) is 0. The highest BCUT2D eigenvalue weighted by Crippen LogP contribution is 2.16.